The van der Waals surface area contributed by atoms with Crippen LogP contribution in [0.2, 0.25) is 0 Å². The average molecular weight is 345 g/mol. The third-order valence-corrected chi connectivity index (χ3v) is 5.20. The summed E-state index contributed by atoms with van der Waals surface area (Å²) in [5, 5.41) is 0. The number of likely N-dealkylation sites (N-methyl/N-ethyl adjacent to an activating group) is 1. The number of amides is 1. The second kappa shape index (κ2) is 7.88. The summed E-state index contributed by atoms with van der Waals surface area (Å²) in [6.45, 7) is 5.51. The quantitative estimate of drug-likeness (QED) is 0.834. The highest BCUT2D eigenvalue weighted by atomic mass is 32.1. The highest BCUT2D eigenvalue weighted by Gasteiger charge is 2.29. The number of nitrogens with zero attached hydrogens (tertiary/aromatic N) is 3. The number of hydrogen-bond acceptors (Lipinski definition) is 5. The molecule has 0 spiro atoms. The van der Waals surface area contributed by atoms with E-state index in [0.717, 1.165) is 23.7 Å². The molecule has 1 saturated heterocycles. The van der Waals surface area contributed by atoms with E-state index in [2.05, 4.69) is 22.0 Å². The molecule has 1 atom stereocenters. The molecule has 128 valence electrons. The molecule has 3 rings (SSSR count). The minimum Gasteiger partial charge on any atom is -0.366 e. The molecule has 2 aromatic rings. The summed E-state index contributed by atoms with van der Waals surface area (Å²) in [5.74, 6) is 0.0422. The van der Waals surface area contributed by atoms with Gasteiger partial charge in [0.1, 0.15) is 6.10 Å². The van der Waals surface area contributed by atoms with E-state index in [1.54, 1.807) is 16.2 Å². The van der Waals surface area contributed by atoms with Crippen LogP contribution in [0.5, 0.6) is 0 Å². The van der Waals surface area contributed by atoms with E-state index in [0.29, 0.717) is 19.7 Å². The molecule has 6 heteroatoms. The lowest BCUT2D eigenvalue weighted by Gasteiger charge is -2.34. The van der Waals surface area contributed by atoms with Gasteiger partial charge in [-0.25, -0.2) is 4.98 Å². The Kier molecular flexibility index (Phi) is 5.60. The summed E-state index contributed by atoms with van der Waals surface area (Å²) in [6, 6.07) is 10.3. The molecule has 1 aromatic carbocycles. The molecule has 0 radical (unpaired) electrons. The third-order valence-electron chi connectivity index (χ3n) is 4.28. The van der Waals surface area contributed by atoms with Crippen LogP contribution in [0.3, 0.4) is 0 Å². The van der Waals surface area contributed by atoms with Crippen LogP contribution in [0.15, 0.2) is 35.8 Å². The van der Waals surface area contributed by atoms with Gasteiger partial charge in [0, 0.05) is 31.6 Å². The van der Waals surface area contributed by atoms with Crippen LogP contribution >= 0.6 is 11.3 Å². The van der Waals surface area contributed by atoms with E-state index < -0.39 is 0 Å². The number of rotatable bonds is 5. The number of aryl methyl sites for hydroxylation is 1. The fraction of sp³-hybridized carbons (Fsp3) is 0.444. The zero-order chi connectivity index (χ0) is 16.9. The van der Waals surface area contributed by atoms with Gasteiger partial charge in [-0.1, -0.05) is 30.3 Å². The van der Waals surface area contributed by atoms with Crippen LogP contribution in [0.1, 0.15) is 16.1 Å². The molecule has 1 aromatic heterocycles. The Hall–Kier alpha value is -1.76. The van der Waals surface area contributed by atoms with E-state index in [-0.39, 0.29) is 12.0 Å². The maximum Gasteiger partial charge on any atom is 0.253 e. The van der Waals surface area contributed by atoms with Crippen molar-refractivity contribution in [1.29, 1.82) is 0 Å². The standard InChI is InChI=1S/C18H23N3O2S/c1-14-17(24-13-19-14)12-20(2)18(22)16-11-21(8-9-23-16)10-15-6-4-3-5-7-15/h3-7,13,16H,8-12H2,1-2H3. The predicted molar refractivity (Wildman–Crippen MR) is 94.8 cm³/mol. The average Bonchev–Trinajstić information content (AvgIpc) is 3.00. The monoisotopic (exact) mass is 345 g/mol. The van der Waals surface area contributed by atoms with Crippen molar-refractivity contribution >= 4 is 17.2 Å². The minimum absolute atomic E-state index is 0.0422. The van der Waals surface area contributed by atoms with Crippen molar-refractivity contribution in [3.8, 4) is 0 Å². The summed E-state index contributed by atoms with van der Waals surface area (Å²) < 4.78 is 5.73. The number of ether oxygens (including phenoxy) is 1. The molecule has 1 amide bonds. The zero-order valence-electron chi connectivity index (χ0n) is 14.1. The summed E-state index contributed by atoms with van der Waals surface area (Å²) in [5.41, 5.74) is 4.08. The fourth-order valence-electron chi connectivity index (χ4n) is 2.85. The summed E-state index contributed by atoms with van der Waals surface area (Å²) >= 11 is 1.59. The number of benzene rings is 1. The van der Waals surface area contributed by atoms with Gasteiger partial charge in [-0.3, -0.25) is 9.69 Å². The lowest BCUT2D eigenvalue weighted by molar-refractivity contribution is -0.148. The number of thiazole rings is 1. The molecule has 1 unspecified atom stereocenters. The first kappa shape index (κ1) is 17.1. The molecular formula is C18H23N3O2S. The highest BCUT2D eigenvalue weighted by molar-refractivity contribution is 7.09. The van der Waals surface area contributed by atoms with Crippen molar-refractivity contribution in [2.75, 3.05) is 26.7 Å². The molecule has 2 heterocycles. The van der Waals surface area contributed by atoms with Gasteiger partial charge in [-0.15, -0.1) is 11.3 Å². The molecule has 0 aliphatic carbocycles. The van der Waals surface area contributed by atoms with Crippen LogP contribution < -0.4 is 0 Å². The highest BCUT2D eigenvalue weighted by Crippen LogP contribution is 2.17. The first-order valence-corrected chi connectivity index (χ1v) is 9.03. The molecule has 0 N–H and O–H groups in total. The Labute approximate surface area is 146 Å². The van der Waals surface area contributed by atoms with E-state index in [4.69, 9.17) is 4.74 Å². The molecule has 24 heavy (non-hydrogen) atoms. The van der Waals surface area contributed by atoms with Crippen molar-refractivity contribution in [3.05, 3.63) is 52.0 Å². The lowest BCUT2D eigenvalue weighted by Crippen LogP contribution is -2.49. The minimum atomic E-state index is -0.388. The first-order valence-electron chi connectivity index (χ1n) is 8.15. The van der Waals surface area contributed by atoms with Gasteiger partial charge in [-0.05, 0) is 12.5 Å². The molecular weight excluding hydrogens is 322 g/mol. The van der Waals surface area contributed by atoms with Crippen molar-refractivity contribution < 1.29 is 9.53 Å². The smallest absolute Gasteiger partial charge is 0.253 e. The number of carbonyl (C=O) groups is 1. The third kappa shape index (κ3) is 4.20. The number of aromatic nitrogens is 1. The Morgan fingerprint density at radius 3 is 2.92 bits per heavy atom. The van der Waals surface area contributed by atoms with Crippen molar-refractivity contribution in [2.24, 2.45) is 0 Å². The summed E-state index contributed by atoms with van der Waals surface area (Å²) in [4.78, 5) is 22.1. The molecule has 1 fully saturated rings. The van der Waals surface area contributed by atoms with Crippen LogP contribution in [-0.4, -0.2) is 53.5 Å². The van der Waals surface area contributed by atoms with Gasteiger partial charge >= 0.3 is 0 Å². The predicted octanol–water partition coefficient (Wildman–Crippen LogP) is 2.31. The molecule has 1 aliphatic heterocycles. The molecule has 0 bridgehead atoms. The lowest BCUT2D eigenvalue weighted by atomic mass is 10.2. The van der Waals surface area contributed by atoms with Crippen LogP contribution in [0, 0.1) is 6.92 Å². The molecule has 1 aliphatic rings. The SMILES string of the molecule is Cc1ncsc1CN(C)C(=O)C1CN(Cc2ccccc2)CCO1. The number of hydrogen-bond donors (Lipinski definition) is 0. The van der Waals surface area contributed by atoms with Gasteiger partial charge in [0.05, 0.1) is 24.4 Å². The number of morpholine rings is 1. The van der Waals surface area contributed by atoms with Gasteiger partial charge in [0.25, 0.3) is 5.91 Å². The molecule has 5 nitrogen and oxygen atoms in total. The van der Waals surface area contributed by atoms with E-state index in [9.17, 15) is 4.79 Å². The Morgan fingerprint density at radius 1 is 1.42 bits per heavy atom. The maximum atomic E-state index is 12.7. The summed E-state index contributed by atoms with van der Waals surface area (Å²) in [7, 11) is 1.83. The van der Waals surface area contributed by atoms with E-state index in [1.807, 2.05) is 37.7 Å². The van der Waals surface area contributed by atoms with Gasteiger partial charge < -0.3 is 9.64 Å². The zero-order valence-corrected chi connectivity index (χ0v) is 15.0. The van der Waals surface area contributed by atoms with Crippen molar-refractivity contribution in [2.45, 2.75) is 26.1 Å². The van der Waals surface area contributed by atoms with Gasteiger partial charge in [0.15, 0.2) is 0 Å². The maximum absolute atomic E-state index is 12.7. The van der Waals surface area contributed by atoms with Gasteiger partial charge in [-0.2, -0.15) is 0 Å². The largest absolute Gasteiger partial charge is 0.366 e. The van der Waals surface area contributed by atoms with Crippen LogP contribution in [-0.2, 0) is 22.6 Å². The van der Waals surface area contributed by atoms with Gasteiger partial charge in [0.2, 0.25) is 0 Å². The Bertz CT molecular complexity index is 674. The molecule has 0 saturated carbocycles. The number of carbonyl (C=O) groups excluding carboxylic acids is 1. The topological polar surface area (TPSA) is 45.7 Å². The first-order chi connectivity index (χ1) is 11.6. The van der Waals surface area contributed by atoms with Crippen molar-refractivity contribution in [1.82, 2.24) is 14.8 Å². The Morgan fingerprint density at radius 2 is 2.21 bits per heavy atom. The Balaban J connectivity index is 1.57. The van der Waals surface area contributed by atoms with E-state index >= 15 is 0 Å². The second-order valence-corrected chi connectivity index (χ2v) is 7.07. The van der Waals surface area contributed by atoms with Crippen LogP contribution in [0.4, 0.5) is 0 Å². The second-order valence-electron chi connectivity index (χ2n) is 6.14. The van der Waals surface area contributed by atoms with Crippen molar-refractivity contribution in [3.63, 3.8) is 0 Å². The van der Waals surface area contributed by atoms with E-state index in [1.165, 1.54) is 5.56 Å². The fourth-order valence-corrected chi connectivity index (χ4v) is 3.68. The summed E-state index contributed by atoms with van der Waals surface area (Å²) in [6.07, 6.45) is -0.388. The normalized spacial score (nSPS) is 18.5. The van der Waals surface area contributed by atoms with Crippen LogP contribution in [0.25, 0.3) is 0 Å².